The molecule has 2 aromatic rings. The largest absolute Gasteiger partial charge is 0.497 e. The Balaban J connectivity index is 0.00000264. The molecule has 1 aromatic heterocycles. The number of nitrogens with zero attached hydrogens (tertiary/aromatic N) is 1. The number of methoxy groups -OCH3 is 1. The van der Waals surface area contributed by atoms with Gasteiger partial charge in [-0.05, 0) is 31.2 Å². The van der Waals surface area contributed by atoms with Gasteiger partial charge in [0.25, 0.3) is 0 Å². The van der Waals surface area contributed by atoms with Gasteiger partial charge in [0.2, 0.25) is 12.3 Å². The third-order valence-electron chi connectivity index (χ3n) is 3.14. The number of ketones is 1. The Morgan fingerprint density at radius 1 is 1.00 bits per heavy atom. The second kappa shape index (κ2) is 9.05. The molecule has 0 fully saturated rings. The summed E-state index contributed by atoms with van der Waals surface area (Å²) in [7, 11) is 1.58. The van der Waals surface area contributed by atoms with Gasteiger partial charge in [0.15, 0.2) is 12.4 Å². The summed E-state index contributed by atoms with van der Waals surface area (Å²) in [5, 5.41) is 0. The van der Waals surface area contributed by atoms with Crippen LogP contribution in [0.4, 0.5) is 0 Å². The number of pyridine rings is 1. The predicted molar refractivity (Wildman–Crippen MR) is 90.2 cm³/mol. The first-order chi connectivity index (χ1) is 10.6. The van der Waals surface area contributed by atoms with Crippen LogP contribution < -0.4 is 9.30 Å². The number of Topliss-reactive ketones (excluding diaryl/α,β-unsaturated/α-hetero) is 1. The van der Waals surface area contributed by atoms with Crippen LogP contribution in [0.5, 0.6) is 5.75 Å². The number of rotatable bonds is 6. The van der Waals surface area contributed by atoms with Crippen LogP contribution in [0.1, 0.15) is 27.6 Å². The number of esters is 1. The van der Waals surface area contributed by atoms with Gasteiger partial charge < -0.3 is 9.47 Å². The predicted octanol–water partition coefficient (Wildman–Crippen LogP) is 2.62. The van der Waals surface area contributed by atoms with Gasteiger partial charge in [-0.2, -0.15) is 4.57 Å². The van der Waals surface area contributed by atoms with Crippen molar-refractivity contribution in [3.05, 3.63) is 59.9 Å². The highest BCUT2D eigenvalue weighted by molar-refractivity contribution is 8.93. The molecule has 0 unspecified atom stereocenters. The molecule has 0 bridgehead atoms. The molecule has 23 heavy (non-hydrogen) atoms. The minimum Gasteiger partial charge on any atom is -0.497 e. The number of benzene rings is 1. The van der Waals surface area contributed by atoms with E-state index in [2.05, 4.69) is 0 Å². The van der Waals surface area contributed by atoms with E-state index in [9.17, 15) is 9.59 Å². The molecule has 0 aliphatic heterocycles. The van der Waals surface area contributed by atoms with Crippen molar-refractivity contribution in [2.24, 2.45) is 0 Å². The second-order valence-electron chi connectivity index (χ2n) is 4.63. The molecule has 6 heteroatoms. The van der Waals surface area contributed by atoms with Crippen LogP contribution in [-0.2, 0) is 11.3 Å². The first-order valence-corrected chi connectivity index (χ1v) is 6.97. The average molecular weight is 381 g/mol. The van der Waals surface area contributed by atoms with Gasteiger partial charge in [-0.15, -0.1) is 17.0 Å². The lowest BCUT2D eigenvalue weighted by Gasteiger charge is -2.02. The van der Waals surface area contributed by atoms with Gasteiger partial charge in [0, 0.05) is 17.7 Å². The third-order valence-corrected chi connectivity index (χ3v) is 3.14. The van der Waals surface area contributed by atoms with Crippen molar-refractivity contribution in [3.8, 4) is 5.75 Å². The number of hydrogen-bond donors (Lipinski definition) is 0. The quantitative estimate of drug-likeness (QED) is 0.439. The van der Waals surface area contributed by atoms with E-state index in [0.29, 0.717) is 23.5 Å². The van der Waals surface area contributed by atoms with Crippen molar-refractivity contribution < 1.29 is 23.6 Å². The fraction of sp³-hybridized carbons (Fsp3) is 0.235. The second-order valence-corrected chi connectivity index (χ2v) is 4.63. The fourth-order valence-corrected chi connectivity index (χ4v) is 1.95. The van der Waals surface area contributed by atoms with Crippen molar-refractivity contribution in [2.45, 2.75) is 13.5 Å². The molecule has 0 N–H and O–H groups in total. The lowest BCUT2D eigenvalue weighted by Crippen LogP contribution is -2.37. The zero-order valence-corrected chi connectivity index (χ0v) is 14.7. The van der Waals surface area contributed by atoms with Gasteiger partial charge in [-0.1, -0.05) is 0 Å². The Kier molecular flexibility index (Phi) is 7.41. The molecule has 0 amide bonds. The molecular formula is C17H19BrNO4+. The van der Waals surface area contributed by atoms with E-state index in [1.54, 1.807) is 67.4 Å². The summed E-state index contributed by atoms with van der Waals surface area (Å²) in [4.78, 5) is 23.7. The summed E-state index contributed by atoms with van der Waals surface area (Å²) < 4.78 is 11.7. The molecule has 0 radical (unpaired) electrons. The van der Waals surface area contributed by atoms with Gasteiger partial charge in [-0.25, -0.2) is 4.79 Å². The van der Waals surface area contributed by atoms with Crippen LogP contribution in [0.25, 0.3) is 0 Å². The van der Waals surface area contributed by atoms with Gasteiger partial charge >= 0.3 is 5.97 Å². The van der Waals surface area contributed by atoms with E-state index < -0.39 is 0 Å². The van der Waals surface area contributed by atoms with Crippen molar-refractivity contribution >= 4 is 28.7 Å². The van der Waals surface area contributed by atoms with Crippen molar-refractivity contribution in [2.75, 3.05) is 13.7 Å². The summed E-state index contributed by atoms with van der Waals surface area (Å²) in [6.45, 7) is 2.30. The molecule has 2 rings (SSSR count). The van der Waals surface area contributed by atoms with Crippen molar-refractivity contribution in [1.82, 2.24) is 0 Å². The molecule has 0 atom stereocenters. The van der Waals surface area contributed by atoms with Crippen LogP contribution >= 0.6 is 17.0 Å². The van der Waals surface area contributed by atoms with E-state index in [4.69, 9.17) is 9.47 Å². The summed E-state index contributed by atoms with van der Waals surface area (Å²) in [5.41, 5.74) is 1.08. The van der Waals surface area contributed by atoms with Crippen LogP contribution in [0, 0.1) is 0 Å². The third kappa shape index (κ3) is 5.17. The SMILES string of the molecule is Br.CCOC(=O)c1cc[n+](CC(=O)c2ccc(OC)cc2)cc1. The number of carbonyl (C=O) groups is 2. The van der Waals surface area contributed by atoms with E-state index in [-0.39, 0.29) is 35.3 Å². The maximum absolute atomic E-state index is 12.2. The highest BCUT2D eigenvalue weighted by Gasteiger charge is 2.14. The topological polar surface area (TPSA) is 56.5 Å². The maximum atomic E-state index is 12.2. The average Bonchev–Trinajstić information content (AvgIpc) is 2.55. The zero-order valence-electron chi connectivity index (χ0n) is 13.0. The molecule has 1 heterocycles. The number of aromatic nitrogens is 1. The summed E-state index contributed by atoms with van der Waals surface area (Å²) in [5.74, 6) is 0.329. The van der Waals surface area contributed by atoms with E-state index in [0.717, 1.165) is 0 Å². The normalized spacial score (nSPS) is 9.65. The first-order valence-electron chi connectivity index (χ1n) is 6.97. The molecular weight excluding hydrogens is 362 g/mol. The van der Waals surface area contributed by atoms with Gasteiger partial charge in [0.05, 0.1) is 19.3 Å². The smallest absolute Gasteiger partial charge is 0.338 e. The molecule has 0 aliphatic rings. The molecule has 5 nitrogen and oxygen atoms in total. The Labute approximate surface area is 145 Å². The van der Waals surface area contributed by atoms with E-state index in [1.165, 1.54) is 0 Å². The standard InChI is InChI=1S/C17H18NO4.BrH/c1-3-22-17(20)14-8-10-18(11-9-14)12-16(19)13-4-6-15(21-2)7-5-13;/h4-11H,3,12H2,1-2H3;1H/q+1;. The summed E-state index contributed by atoms with van der Waals surface area (Å²) in [6, 6.07) is 10.2. The summed E-state index contributed by atoms with van der Waals surface area (Å²) >= 11 is 0. The highest BCUT2D eigenvalue weighted by atomic mass is 79.9. The monoisotopic (exact) mass is 380 g/mol. The molecule has 0 saturated carbocycles. The molecule has 0 saturated heterocycles. The van der Waals surface area contributed by atoms with Gasteiger partial charge in [0.1, 0.15) is 5.75 Å². The van der Waals surface area contributed by atoms with Crippen LogP contribution in [0.2, 0.25) is 0 Å². The Morgan fingerprint density at radius 3 is 2.13 bits per heavy atom. The maximum Gasteiger partial charge on any atom is 0.338 e. The minimum atomic E-state index is -0.365. The van der Waals surface area contributed by atoms with Crippen molar-refractivity contribution in [3.63, 3.8) is 0 Å². The van der Waals surface area contributed by atoms with E-state index in [1.807, 2.05) is 0 Å². The molecule has 0 spiro atoms. The number of carbonyl (C=O) groups excluding carboxylic acids is 2. The first kappa shape index (κ1) is 18.8. The molecule has 0 aliphatic carbocycles. The van der Waals surface area contributed by atoms with Gasteiger partial charge in [-0.3, -0.25) is 4.79 Å². The number of hydrogen-bond acceptors (Lipinski definition) is 4. The lowest BCUT2D eigenvalue weighted by atomic mass is 10.1. The van der Waals surface area contributed by atoms with Crippen LogP contribution in [0.15, 0.2) is 48.8 Å². The number of ether oxygens (including phenoxy) is 2. The highest BCUT2D eigenvalue weighted by Crippen LogP contribution is 2.11. The van der Waals surface area contributed by atoms with Crippen LogP contribution in [0.3, 0.4) is 0 Å². The Morgan fingerprint density at radius 2 is 1.61 bits per heavy atom. The Bertz CT molecular complexity index is 653. The van der Waals surface area contributed by atoms with Crippen LogP contribution in [-0.4, -0.2) is 25.5 Å². The summed E-state index contributed by atoms with van der Waals surface area (Å²) in [6.07, 6.45) is 3.38. The lowest BCUT2D eigenvalue weighted by molar-refractivity contribution is -0.683. The Hall–Kier alpha value is -2.21. The molecule has 1 aromatic carbocycles. The molecule has 122 valence electrons. The van der Waals surface area contributed by atoms with E-state index >= 15 is 0 Å². The number of halogens is 1. The zero-order chi connectivity index (χ0) is 15.9. The fourth-order valence-electron chi connectivity index (χ4n) is 1.95. The minimum absolute atomic E-state index is 0. The van der Waals surface area contributed by atoms with Crippen molar-refractivity contribution in [1.29, 1.82) is 0 Å².